The number of hydrazine groups is 1. The Morgan fingerprint density at radius 3 is 2.02 bits per heavy atom. The molecule has 0 spiro atoms. The molecule has 236 valence electrons. The number of benzene rings is 3. The number of amides is 2. The van der Waals surface area contributed by atoms with Crippen molar-refractivity contribution in [2.24, 2.45) is 16.1 Å². The monoisotopic (exact) mass is 614 g/mol. The second kappa shape index (κ2) is 13.0. The number of phenolic OH excluding ortho intramolecular Hbond substituents is 1. The third kappa shape index (κ3) is 7.26. The van der Waals surface area contributed by atoms with Crippen LogP contribution < -0.4 is 16.0 Å². The summed E-state index contributed by atoms with van der Waals surface area (Å²) in [5.41, 5.74) is 4.14. The Kier molecular flexibility index (Phi) is 9.53. The van der Waals surface area contributed by atoms with Gasteiger partial charge in [-0.15, -0.1) is 10.2 Å². The topological polar surface area (TPSA) is 170 Å². The van der Waals surface area contributed by atoms with Gasteiger partial charge in [-0.2, -0.15) is 0 Å². The highest BCUT2D eigenvalue weighted by atomic mass is 16.5. The molecule has 0 bridgehead atoms. The third-order valence-corrected chi connectivity index (χ3v) is 7.59. The lowest BCUT2D eigenvalue weighted by atomic mass is 9.82. The minimum Gasteiger partial charge on any atom is -0.505 e. The van der Waals surface area contributed by atoms with Crippen LogP contribution in [0.25, 0.3) is 16.5 Å². The first kappa shape index (κ1) is 33.0. The van der Waals surface area contributed by atoms with E-state index in [9.17, 15) is 24.3 Å². The number of hydrogen-bond donors (Lipinski definition) is 3. The Hall–Kier alpha value is -4.90. The Labute approximate surface area is 261 Å². The molecule has 0 radical (unpaired) electrons. The fourth-order valence-corrected chi connectivity index (χ4v) is 5.25. The minimum atomic E-state index is -0.410. The van der Waals surface area contributed by atoms with Gasteiger partial charge in [0.15, 0.2) is 5.75 Å². The van der Waals surface area contributed by atoms with Crippen molar-refractivity contribution < 1.29 is 33.8 Å². The molecule has 2 heterocycles. The lowest BCUT2D eigenvalue weighted by Crippen LogP contribution is -2.34. The SMILES string of the molecule is CC(=O)N=Nc1c(O)c2c(c3ccccc13)OC(C)(C)CC2.CC(=O)NN.CC1(C)CCC2=C(O1)c1ccccc1C(=O)C2=O. The predicted molar refractivity (Wildman–Crippen MR) is 169 cm³/mol. The number of rotatable bonds is 1. The molecule has 3 aromatic rings. The van der Waals surface area contributed by atoms with Crippen molar-refractivity contribution in [3.63, 3.8) is 0 Å². The number of nitrogens with zero attached hydrogens (tertiary/aromatic N) is 2. The molecule has 2 amide bonds. The largest absolute Gasteiger partial charge is 0.505 e. The summed E-state index contributed by atoms with van der Waals surface area (Å²) in [6, 6.07) is 14.7. The molecule has 4 N–H and O–H groups in total. The quantitative estimate of drug-likeness (QED) is 0.0981. The number of ether oxygens (including phenoxy) is 2. The van der Waals surface area contributed by atoms with Gasteiger partial charge >= 0.3 is 0 Å². The van der Waals surface area contributed by atoms with Gasteiger partial charge in [0.25, 0.3) is 5.91 Å². The van der Waals surface area contributed by atoms with Crippen molar-refractivity contribution in [2.45, 2.75) is 78.4 Å². The molecule has 0 aromatic heterocycles. The van der Waals surface area contributed by atoms with E-state index in [2.05, 4.69) is 16.1 Å². The van der Waals surface area contributed by atoms with E-state index in [1.54, 1.807) is 12.1 Å². The van der Waals surface area contributed by atoms with Crippen molar-refractivity contribution in [1.82, 2.24) is 5.43 Å². The maximum Gasteiger partial charge on any atom is 0.261 e. The van der Waals surface area contributed by atoms with E-state index < -0.39 is 17.5 Å². The van der Waals surface area contributed by atoms with Crippen molar-refractivity contribution in [3.8, 4) is 11.5 Å². The molecule has 3 aromatic carbocycles. The predicted octanol–water partition coefficient (Wildman–Crippen LogP) is 6.03. The molecule has 6 rings (SSSR count). The van der Waals surface area contributed by atoms with Crippen molar-refractivity contribution in [2.75, 3.05) is 0 Å². The van der Waals surface area contributed by atoms with Crippen LogP contribution in [0.1, 0.15) is 82.3 Å². The number of nitrogens with two attached hydrogens (primary N) is 1. The Bertz CT molecular complexity index is 1750. The van der Waals surface area contributed by atoms with Crippen molar-refractivity contribution >= 4 is 45.6 Å². The Morgan fingerprint density at radius 1 is 0.844 bits per heavy atom. The number of carbonyl (C=O) groups excluding carboxylic acids is 4. The lowest BCUT2D eigenvalue weighted by molar-refractivity contribution is -0.119. The molecular weight excluding hydrogens is 576 g/mol. The number of phenols is 1. The van der Waals surface area contributed by atoms with Crippen LogP contribution in [0, 0.1) is 0 Å². The van der Waals surface area contributed by atoms with Crippen LogP contribution in [0.2, 0.25) is 0 Å². The summed E-state index contributed by atoms with van der Waals surface area (Å²) in [5, 5.41) is 19.7. The zero-order valence-corrected chi connectivity index (χ0v) is 26.3. The van der Waals surface area contributed by atoms with Gasteiger partial charge in [-0.25, -0.2) is 5.84 Å². The minimum absolute atomic E-state index is 0.0502. The van der Waals surface area contributed by atoms with Gasteiger partial charge in [-0.05, 0) is 53.4 Å². The number of azo groups is 1. The van der Waals surface area contributed by atoms with E-state index >= 15 is 0 Å². The lowest BCUT2D eigenvalue weighted by Gasteiger charge is -2.36. The second-order valence-corrected chi connectivity index (χ2v) is 12.2. The van der Waals surface area contributed by atoms with Gasteiger partial charge < -0.3 is 14.6 Å². The molecule has 0 saturated carbocycles. The van der Waals surface area contributed by atoms with Crippen LogP contribution in [0.5, 0.6) is 11.5 Å². The van der Waals surface area contributed by atoms with E-state index in [1.807, 2.05) is 69.5 Å². The fraction of sp³-hybridized carbons (Fsp3) is 0.353. The average Bonchev–Trinajstić information content (AvgIpc) is 2.99. The number of ketones is 2. The van der Waals surface area contributed by atoms with Crippen LogP contribution in [0.15, 0.2) is 64.3 Å². The van der Waals surface area contributed by atoms with Gasteiger partial charge in [-0.1, -0.05) is 48.5 Å². The molecule has 0 unspecified atom stereocenters. The zero-order chi connectivity index (χ0) is 33.1. The number of allylic oxidation sites excluding steroid dienone is 1. The second-order valence-electron chi connectivity index (χ2n) is 12.2. The molecule has 11 heteroatoms. The van der Waals surface area contributed by atoms with E-state index in [0.29, 0.717) is 41.2 Å². The van der Waals surface area contributed by atoms with Gasteiger partial charge in [0, 0.05) is 46.9 Å². The highest BCUT2D eigenvalue weighted by Gasteiger charge is 2.39. The summed E-state index contributed by atoms with van der Waals surface area (Å²) < 4.78 is 12.0. The number of carbonyl (C=O) groups is 4. The fourth-order valence-electron chi connectivity index (χ4n) is 5.25. The molecule has 0 saturated heterocycles. The van der Waals surface area contributed by atoms with E-state index in [1.165, 1.54) is 13.8 Å². The number of aromatic hydroxyl groups is 1. The number of nitrogens with one attached hydrogen (secondary N) is 1. The number of fused-ring (bicyclic) bond motifs is 5. The van der Waals surface area contributed by atoms with Crippen molar-refractivity contribution in [3.05, 3.63) is 70.8 Å². The normalized spacial score (nSPS) is 17.3. The molecule has 3 aliphatic rings. The van der Waals surface area contributed by atoms with Crippen LogP contribution in [0.4, 0.5) is 5.69 Å². The maximum atomic E-state index is 12.0. The average molecular weight is 615 g/mol. The summed E-state index contributed by atoms with van der Waals surface area (Å²) >= 11 is 0. The summed E-state index contributed by atoms with van der Waals surface area (Å²) in [6.07, 6.45) is 2.87. The maximum absolute atomic E-state index is 12.0. The molecule has 2 aliphatic heterocycles. The van der Waals surface area contributed by atoms with E-state index in [0.717, 1.165) is 34.7 Å². The van der Waals surface area contributed by atoms with Crippen molar-refractivity contribution in [1.29, 1.82) is 0 Å². The van der Waals surface area contributed by atoms with E-state index in [4.69, 9.17) is 9.47 Å². The smallest absolute Gasteiger partial charge is 0.261 e. The van der Waals surface area contributed by atoms with Crippen LogP contribution in [-0.4, -0.2) is 39.7 Å². The number of hydrogen-bond acceptors (Lipinski definition) is 9. The van der Waals surface area contributed by atoms with Gasteiger partial charge in [-0.3, -0.25) is 24.6 Å². The van der Waals surface area contributed by atoms with E-state index in [-0.39, 0.29) is 22.9 Å². The molecule has 1 aliphatic carbocycles. The molecule has 0 atom stereocenters. The first-order valence-corrected chi connectivity index (χ1v) is 14.6. The van der Waals surface area contributed by atoms with Crippen LogP contribution in [0.3, 0.4) is 0 Å². The first-order valence-electron chi connectivity index (χ1n) is 14.6. The van der Waals surface area contributed by atoms with Gasteiger partial charge in [0.05, 0.1) is 0 Å². The highest BCUT2D eigenvalue weighted by Crippen LogP contribution is 2.49. The van der Waals surface area contributed by atoms with Gasteiger partial charge in [0.2, 0.25) is 17.5 Å². The first-order chi connectivity index (χ1) is 21.2. The number of Topliss-reactive ketones (excluding diaryl/α,β-unsaturated/α-hetero) is 2. The molecular formula is C34H38N4O7. The standard InChI is InChI=1S/C17H18N2O3.C15H14O3.C2H6N2O/c1-10(20)18-19-14-11-6-4-5-7-12(11)16-13(15(14)21)8-9-17(2,3)22-16;1-15(2)8-7-11-13(17)12(16)9-5-3-4-6-10(9)14(11)18-15;1-2(5)4-3/h4-7,21H,8-9H2,1-3H3;3-6H,7-8H2,1-2H3;3H2,1H3,(H,4,5). The van der Waals surface area contributed by atoms with Crippen LogP contribution >= 0.6 is 0 Å². The molecule has 11 nitrogen and oxygen atoms in total. The zero-order valence-electron chi connectivity index (χ0n) is 26.3. The summed E-state index contributed by atoms with van der Waals surface area (Å²) in [6.45, 7) is 10.7. The third-order valence-electron chi connectivity index (χ3n) is 7.59. The summed E-state index contributed by atoms with van der Waals surface area (Å²) in [7, 11) is 0. The highest BCUT2D eigenvalue weighted by molar-refractivity contribution is 6.52. The molecule has 45 heavy (non-hydrogen) atoms. The summed E-state index contributed by atoms with van der Waals surface area (Å²) in [5.74, 6) is 4.49. The molecule has 0 fully saturated rings. The Morgan fingerprint density at radius 2 is 1.40 bits per heavy atom. The van der Waals surface area contributed by atoms with Crippen LogP contribution in [-0.2, 0) is 25.5 Å². The summed E-state index contributed by atoms with van der Waals surface area (Å²) in [4.78, 5) is 44.7. The Balaban J connectivity index is 0.000000181. The van der Waals surface area contributed by atoms with Gasteiger partial charge in [0.1, 0.15) is 28.4 Å².